The molecule has 0 unspecified atom stereocenters. The van der Waals surface area contributed by atoms with Gasteiger partial charge in [0, 0.05) is 30.0 Å². The van der Waals surface area contributed by atoms with Gasteiger partial charge in [-0.2, -0.15) is 5.10 Å². The van der Waals surface area contributed by atoms with E-state index in [0.717, 1.165) is 55.0 Å². The van der Waals surface area contributed by atoms with Gasteiger partial charge in [-0.05, 0) is 88.5 Å². The van der Waals surface area contributed by atoms with Crippen molar-refractivity contribution in [2.45, 2.75) is 58.5 Å². The number of likely N-dealkylation sites (tertiary alicyclic amines) is 1. The van der Waals surface area contributed by atoms with E-state index in [1.165, 1.54) is 61.2 Å². The van der Waals surface area contributed by atoms with Crippen molar-refractivity contribution in [1.29, 1.82) is 0 Å². The SMILES string of the molecule is Cc1cccc(-c2nn3c(c2-c2ccc4ncn(CCCN5CCCCC5)c4c2)CCC3)n1. The summed E-state index contributed by atoms with van der Waals surface area (Å²) in [7, 11) is 0. The van der Waals surface area contributed by atoms with Crippen molar-refractivity contribution >= 4 is 11.0 Å². The fraction of sp³-hybridized carbons (Fsp3) is 0.444. The number of pyridine rings is 1. The van der Waals surface area contributed by atoms with Crippen LogP contribution in [0.15, 0.2) is 42.7 Å². The van der Waals surface area contributed by atoms with Crippen LogP contribution < -0.4 is 0 Å². The molecule has 0 radical (unpaired) electrons. The molecule has 2 aliphatic rings. The van der Waals surface area contributed by atoms with Gasteiger partial charge in [-0.1, -0.05) is 18.6 Å². The third-order valence-electron chi connectivity index (χ3n) is 7.20. The number of hydrogen-bond acceptors (Lipinski definition) is 4. The molecule has 4 aromatic rings. The summed E-state index contributed by atoms with van der Waals surface area (Å²) in [6.45, 7) is 7.75. The Balaban J connectivity index is 1.33. The van der Waals surface area contributed by atoms with Crippen LogP contribution in [-0.2, 0) is 19.5 Å². The first-order chi connectivity index (χ1) is 16.3. The summed E-state index contributed by atoms with van der Waals surface area (Å²) >= 11 is 0. The molecule has 0 amide bonds. The van der Waals surface area contributed by atoms with Gasteiger partial charge in [0.25, 0.3) is 0 Å². The van der Waals surface area contributed by atoms with Gasteiger partial charge < -0.3 is 9.47 Å². The number of nitrogens with zero attached hydrogens (tertiary/aromatic N) is 6. The van der Waals surface area contributed by atoms with Crippen molar-refractivity contribution in [3.8, 4) is 22.5 Å². The van der Waals surface area contributed by atoms with Gasteiger partial charge in [0.1, 0.15) is 5.69 Å². The van der Waals surface area contributed by atoms with Crippen LogP contribution in [0, 0.1) is 6.92 Å². The van der Waals surface area contributed by atoms with E-state index in [4.69, 9.17) is 10.1 Å². The van der Waals surface area contributed by atoms with Crippen LogP contribution in [0.4, 0.5) is 0 Å². The number of aryl methyl sites for hydroxylation is 3. The molecule has 1 aromatic carbocycles. The second-order valence-corrected chi connectivity index (χ2v) is 9.56. The lowest BCUT2D eigenvalue weighted by Crippen LogP contribution is -2.31. The standard InChI is InChI=1S/C27H32N6/c1-20-8-5-9-23(29-20)27-26(24-10-6-17-33(24)30-27)21-11-12-22-25(18-21)32(19-28-22)16-7-15-31-13-3-2-4-14-31/h5,8-9,11-12,18-19H,2-4,6-7,10,13-17H2,1H3. The lowest BCUT2D eigenvalue weighted by atomic mass is 9.99. The summed E-state index contributed by atoms with van der Waals surface area (Å²) in [6.07, 6.45) is 9.50. The molecule has 33 heavy (non-hydrogen) atoms. The molecule has 0 N–H and O–H groups in total. The zero-order valence-corrected chi connectivity index (χ0v) is 19.5. The Hall–Kier alpha value is -2.99. The van der Waals surface area contributed by atoms with Gasteiger partial charge in [-0.25, -0.2) is 4.98 Å². The maximum atomic E-state index is 5.00. The summed E-state index contributed by atoms with van der Waals surface area (Å²) in [6, 6.07) is 12.9. The molecule has 3 aromatic heterocycles. The fourth-order valence-electron chi connectivity index (χ4n) is 5.53. The maximum absolute atomic E-state index is 5.00. The summed E-state index contributed by atoms with van der Waals surface area (Å²) < 4.78 is 4.52. The van der Waals surface area contributed by atoms with E-state index in [9.17, 15) is 0 Å². The number of fused-ring (bicyclic) bond motifs is 2. The van der Waals surface area contributed by atoms with E-state index in [1.807, 2.05) is 19.3 Å². The number of piperidine rings is 1. The largest absolute Gasteiger partial charge is 0.331 e. The zero-order valence-electron chi connectivity index (χ0n) is 19.5. The second kappa shape index (κ2) is 8.75. The van der Waals surface area contributed by atoms with E-state index in [-0.39, 0.29) is 0 Å². The molecule has 0 saturated carbocycles. The Labute approximate surface area is 195 Å². The minimum absolute atomic E-state index is 0.960. The predicted octanol–water partition coefficient (Wildman–Crippen LogP) is 5.09. The van der Waals surface area contributed by atoms with Gasteiger partial charge >= 0.3 is 0 Å². The van der Waals surface area contributed by atoms with Crippen LogP contribution in [0.1, 0.15) is 43.5 Å². The first-order valence-electron chi connectivity index (χ1n) is 12.5. The summed E-state index contributed by atoms with van der Waals surface area (Å²) in [4.78, 5) is 12.1. The first kappa shape index (κ1) is 20.6. The normalized spacial score (nSPS) is 16.5. The van der Waals surface area contributed by atoms with Crippen molar-refractivity contribution in [1.82, 2.24) is 29.2 Å². The van der Waals surface area contributed by atoms with Gasteiger partial charge in [0.15, 0.2) is 0 Å². The Morgan fingerprint density at radius 2 is 1.85 bits per heavy atom. The van der Waals surface area contributed by atoms with Crippen LogP contribution in [0.25, 0.3) is 33.5 Å². The highest BCUT2D eigenvalue weighted by Crippen LogP contribution is 2.38. The molecule has 2 aliphatic heterocycles. The number of rotatable bonds is 6. The molecule has 6 nitrogen and oxygen atoms in total. The molecule has 0 bridgehead atoms. The van der Waals surface area contributed by atoms with Gasteiger partial charge in [-0.15, -0.1) is 0 Å². The lowest BCUT2D eigenvalue weighted by Gasteiger charge is -2.26. The van der Waals surface area contributed by atoms with E-state index >= 15 is 0 Å². The molecule has 0 atom stereocenters. The van der Waals surface area contributed by atoms with Gasteiger partial charge in [0.2, 0.25) is 0 Å². The van der Waals surface area contributed by atoms with Crippen LogP contribution >= 0.6 is 0 Å². The minimum Gasteiger partial charge on any atom is -0.331 e. The molecule has 0 spiro atoms. The first-order valence-corrected chi connectivity index (χ1v) is 12.5. The third kappa shape index (κ3) is 3.97. The average molecular weight is 441 g/mol. The summed E-state index contributed by atoms with van der Waals surface area (Å²) in [5.41, 5.74) is 9.07. The van der Waals surface area contributed by atoms with Crippen molar-refractivity contribution in [2.75, 3.05) is 19.6 Å². The Morgan fingerprint density at radius 1 is 0.939 bits per heavy atom. The van der Waals surface area contributed by atoms with Gasteiger partial charge in [0.05, 0.1) is 23.1 Å². The average Bonchev–Trinajstić information content (AvgIpc) is 3.54. The fourth-order valence-corrected chi connectivity index (χ4v) is 5.53. The summed E-state index contributed by atoms with van der Waals surface area (Å²) in [5, 5.41) is 5.00. The van der Waals surface area contributed by atoms with Crippen LogP contribution in [0.5, 0.6) is 0 Å². The van der Waals surface area contributed by atoms with E-state index in [2.05, 4.69) is 49.5 Å². The van der Waals surface area contributed by atoms with E-state index in [0.29, 0.717) is 0 Å². The molecule has 1 fully saturated rings. The quantitative estimate of drug-likeness (QED) is 0.419. The third-order valence-corrected chi connectivity index (χ3v) is 7.20. The topological polar surface area (TPSA) is 51.8 Å². The predicted molar refractivity (Wildman–Crippen MR) is 132 cm³/mol. The smallest absolute Gasteiger partial charge is 0.119 e. The summed E-state index contributed by atoms with van der Waals surface area (Å²) in [5.74, 6) is 0. The highest BCUT2D eigenvalue weighted by Gasteiger charge is 2.25. The van der Waals surface area contributed by atoms with Gasteiger partial charge in [-0.3, -0.25) is 9.67 Å². The van der Waals surface area contributed by atoms with Crippen LogP contribution in [-0.4, -0.2) is 48.8 Å². The molecule has 6 rings (SSSR count). The highest BCUT2D eigenvalue weighted by molar-refractivity contribution is 5.88. The Kier molecular flexibility index (Phi) is 5.46. The molecule has 0 aliphatic carbocycles. The number of aromatic nitrogens is 5. The monoisotopic (exact) mass is 440 g/mol. The minimum atomic E-state index is 0.960. The van der Waals surface area contributed by atoms with Crippen molar-refractivity contribution < 1.29 is 0 Å². The highest BCUT2D eigenvalue weighted by atomic mass is 15.3. The van der Waals surface area contributed by atoms with E-state index in [1.54, 1.807) is 0 Å². The number of imidazole rings is 1. The molecular weight excluding hydrogens is 408 g/mol. The lowest BCUT2D eigenvalue weighted by molar-refractivity contribution is 0.223. The molecular formula is C27H32N6. The van der Waals surface area contributed by atoms with Crippen molar-refractivity contribution in [3.63, 3.8) is 0 Å². The Bertz CT molecular complexity index is 1280. The Morgan fingerprint density at radius 3 is 2.73 bits per heavy atom. The van der Waals surface area contributed by atoms with Crippen LogP contribution in [0.3, 0.4) is 0 Å². The molecule has 170 valence electrons. The number of hydrogen-bond donors (Lipinski definition) is 0. The molecule has 6 heteroatoms. The van der Waals surface area contributed by atoms with Crippen LogP contribution in [0.2, 0.25) is 0 Å². The van der Waals surface area contributed by atoms with E-state index < -0.39 is 0 Å². The number of benzene rings is 1. The van der Waals surface area contributed by atoms with Crippen molar-refractivity contribution in [2.24, 2.45) is 0 Å². The van der Waals surface area contributed by atoms with Crippen molar-refractivity contribution in [3.05, 3.63) is 54.1 Å². The zero-order chi connectivity index (χ0) is 22.2. The second-order valence-electron chi connectivity index (χ2n) is 9.56. The molecule has 1 saturated heterocycles. The maximum Gasteiger partial charge on any atom is 0.119 e. The molecule has 5 heterocycles.